The number of Topliss-reactive ketones (excluding diaryl/α,β-unsaturated/α-hetero) is 1. The predicted octanol–water partition coefficient (Wildman–Crippen LogP) is 2.12. The second kappa shape index (κ2) is 4.86. The van der Waals surface area contributed by atoms with Crippen LogP contribution in [0.15, 0.2) is 24.3 Å². The molecule has 0 aliphatic heterocycles. The Kier molecular flexibility index (Phi) is 3.77. The predicted molar refractivity (Wildman–Crippen MR) is 54.2 cm³/mol. The average molecular weight is 195 g/mol. The quantitative estimate of drug-likeness (QED) is 0.745. The SMILES string of the molecule is CNCC(=O)c1cccc(C(C)F)c1. The Hall–Kier alpha value is -1.22. The lowest BCUT2D eigenvalue weighted by molar-refractivity contribution is 0.0993. The molecule has 2 nitrogen and oxygen atoms in total. The molecule has 1 unspecified atom stereocenters. The van der Waals surface area contributed by atoms with E-state index in [0.717, 1.165) is 0 Å². The van der Waals surface area contributed by atoms with E-state index in [2.05, 4.69) is 5.32 Å². The Morgan fingerprint density at radius 2 is 2.29 bits per heavy atom. The van der Waals surface area contributed by atoms with Crippen molar-refractivity contribution in [3.05, 3.63) is 35.4 Å². The normalized spacial score (nSPS) is 12.5. The van der Waals surface area contributed by atoms with E-state index in [1.165, 1.54) is 6.92 Å². The first kappa shape index (κ1) is 10.9. The number of alkyl halides is 1. The maximum atomic E-state index is 12.9. The minimum atomic E-state index is -1.03. The summed E-state index contributed by atoms with van der Waals surface area (Å²) < 4.78 is 12.9. The molecular formula is C11H14FNO. The van der Waals surface area contributed by atoms with Gasteiger partial charge in [-0.2, -0.15) is 0 Å². The Morgan fingerprint density at radius 3 is 2.86 bits per heavy atom. The fourth-order valence-electron chi connectivity index (χ4n) is 1.22. The number of carbonyl (C=O) groups excluding carboxylic acids is 1. The number of nitrogens with one attached hydrogen (secondary N) is 1. The number of benzene rings is 1. The van der Waals surface area contributed by atoms with E-state index in [1.807, 2.05) is 0 Å². The van der Waals surface area contributed by atoms with Crippen LogP contribution in [0.4, 0.5) is 4.39 Å². The summed E-state index contributed by atoms with van der Waals surface area (Å²) in [6, 6.07) is 6.69. The van der Waals surface area contributed by atoms with Crippen molar-refractivity contribution in [2.75, 3.05) is 13.6 Å². The average Bonchev–Trinajstić information content (AvgIpc) is 2.18. The van der Waals surface area contributed by atoms with Gasteiger partial charge in [0.25, 0.3) is 0 Å². The Balaban J connectivity index is 2.88. The molecule has 0 aliphatic carbocycles. The van der Waals surface area contributed by atoms with Crippen LogP contribution in [-0.2, 0) is 0 Å². The molecule has 0 spiro atoms. The maximum Gasteiger partial charge on any atom is 0.176 e. The van der Waals surface area contributed by atoms with Crippen molar-refractivity contribution in [2.24, 2.45) is 0 Å². The van der Waals surface area contributed by atoms with Crippen molar-refractivity contribution in [3.8, 4) is 0 Å². The van der Waals surface area contributed by atoms with Crippen molar-refractivity contribution < 1.29 is 9.18 Å². The standard InChI is InChI=1S/C11H14FNO/c1-8(12)9-4-3-5-10(6-9)11(14)7-13-2/h3-6,8,13H,7H2,1-2H3. The zero-order valence-corrected chi connectivity index (χ0v) is 8.38. The van der Waals surface area contributed by atoms with Gasteiger partial charge in [0.2, 0.25) is 0 Å². The van der Waals surface area contributed by atoms with Gasteiger partial charge in [0.1, 0.15) is 6.17 Å². The molecule has 0 aromatic heterocycles. The van der Waals surface area contributed by atoms with Crippen LogP contribution >= 0.6 is 0 Å². The molecule has 0 amide bonds. The molecule has 0 bridgehead atoms. The van der Waals surface area contributed by atoms with E-state index in [1.54, 1.807) is 31.3 Å². The minimum Gasteiger partial charge on any atom is -0.313 e. The highest BCUT2D eigenvalue weighted by atomic mass is 19.1. The number of hydrogen-bond acceptors (Lipinski definition) is 2. The lowest BCUT2D eigenvalue weighted by atomic mass is 10.0. The van der Waals surface area contributed by atoms with Crippen LogP contribution in [0.2, 0.25) is 0 Å². The fraction of sp³-hybridized carbons (Fsp3) is 0.364. The fourth-order valence-corrected chi connectivity index (χ4v) is 1.22. The third-order valence-corrected chi connectivity index (χ3v) is 2.01. The van der Waals surface area contributed by atoms with E-state index in [0.29, 0.717) is 11.1 Å². The maximum absolute atomic E-state index is 12.9. The van der Waals surface area contributed by atoms with Gasteiger partial charge in [0, 0.05) is 5.56 Å². The van der Waals surface area contributed by atoms with Crippen molar-refractivity contribution >= 4 is 5.78 Å². The third-order valence-electron chi connectivity index (χ3n) is 2.01. The van der Waals surface area contributed by atoms with Gasteiger partial charge in [-0.15, -0.1) is 0 Å². The van der Waals surface area contributed by atoms with Crippen LogP contribution in [0, 0.1) is 0 Å². The Bertz CT molecular complexity index is 323. The second-order valence-corrected chi connectivity index (χ2v) is 3.19. The van der Waals surface area contributed by atoms with Gasteiger partial charge < -0.3 is 5.32 Å². The van der Waals surface area contributed by atoms with Crippen molar-refractivity contribution in [1.29, 1.82) is 0 Å². The van der Waals surface area contributed by atoms with E-state index in [4.69, 9.17) is 0 Å². The highest BCUT2D eigenvalue weighted by Crippen LogP contribution is 2.17. The van der Waals surface area contributed by atoms with Gasteiger partial charge in [-0.05, 0) is 25.6 Å². The zero-order valence-electron chi connectivity index (χ0n) is 8.38. The van der Waals surface area contributed by atoms with Gasteiger partial charge in [-0.1, -0.05) is 18.2 Å². The highest BCUT2D eigenvalue weighted by molar-refractivity contribution is 5.97. The number of hydrogen-bond donors (Lipinski definition) is 1. The third kappa shape index (κ3) is 2.64. The summed E-state index contributed by atoms with van der Waals surface area (Å²) in [4.78, 5) is 11.4. The van der Waals surface area contributed by atoms with Crippen molar-refractivity contribution in [2.45, 2.75) is 13.1 Å². The molecule has 0 radical (unpaired) electrons. The van der Waals surface area contributed by atoms with Gasteiger partial charge in [-0.25, -0.2) is 4.39 Å². The van der Waals surface area contributed by atoms with Gasteiger partial charge in [0.15, 0.2) is 5.78 Å². The molecule has 1 aromatic carbocycles. The van der Waals surface area contributed by atoms with Crippen LogP contribution in [0.3, 0.4) is 0 Å². The van der Waals surface area contributed by atoms with Gasteiger partial charge in [-0.3, -0.25) is 4.79 Å². The minimum absolute atomic E-state index is 0.0185. The first-order chi connectivity index (χ1) is 6.65. The largest absolute Gasteiger partial charge is 0.313 e. The van der Waals surface area contributed by atoms with E-state index in [-0.39, 0.29) is 12.3 Å². The van der Waals surface area contributed by atoms with Crippen molar-refractivity contribution in [1.82, 2.24) is 5.32 Å². The van der Waals surface area contributed by atoms with E-state index < -0.39 is 6.17 Å². The molecular weight excluding hydrogens is 181 g/mol. The monoisotopic (exact) mass is 195 g/mol. The van der Waals surface area contributed by atoms with E-state index >= 15 is 0 Å². The summed E-state index contributed by atoms with van der Waals surface area (Å²) in [7, 11) is 1.71. The van der Waals surface area contributed by atoms with Gasteiger partial charge in [0.05, 0.1) is 6.54 Å². The summed E-state index contributed by atoms with van der Waals surface area (Å²) in [6.07, 6.45) is -1.03. The number of rotatable bonds is 4. The molecule has 76 valence electrons. The van der Waals surface area contributed by atoms with Gasteiger partial charge >= 0.3 is 0 Å². The molecule has 1 aromatic rings. The Labute approximate surface area is 83.1 Å². The molecule has 1 N–H and O–H groups in total. The first-order valence-electron chi connectivity index (χ1n) is 4.57. The summed E-state index contributed by atoms with van der Waals surface area (Å²) in [5, 5.41) is 2.77. The number of halogens is 1. The molecule has 1 atom stereocenters. The molecule has 0 aliphatic rings. The van der Waals surface area contributed by atoms with Crippen LogP contribution in [0.5, 0.6) is 0 Å². The molecule has 3 heteroatoms. The Morgan fingerprint density at radius 1 is 1.57 bits per heavy atom. The lowest BCUT2D eigenvalue weighted by Gasteiger charge is -2.04. The number of likely N-dealkylation sites (N-methyl/N-ethyl adjacent to an activating group) is 1. The molecule has 0 saturated heterocycles. The molecule has 14 heavy (non-hydrogen) atoms. The number of ketones is 1. The summed E-state index contributed by atoms with van der Waals surface area (Å²) >= 11 is 0. The molecule has 0 fully saturated rings. The summed E-state index contributed by atoms with van der Waals surface area (Å²) in [5.41, 5.74) is 1.10. The topological polar surface area (TPSA) is 29.1 Å². The summed E-state index contributed by atoms with van der Waals surface area (Å²) in [5.74, 6) is -0.0185. The zero-order chi connectivity index (χ0) is 10.6. The van der Waals surface area contributed by atoms with Crippen LogP contribution < -0.4 is 5.32 Å². The second-order valence-electron chi connectivity index (χ2n) is 3.19. The van der Waals surface area contributed by atoms with Crippen LogP contribution in [-0.4, -0.2) is 19.4 Å². The smallest absolute Gasteiger partial charge is 0.176 e. The highest BCUT2D eigenvalue weighted by Gasteiger charge is 2.07. The van der Waals surface area contributed by atoms with Crippen LogP contribution in [0.1, 0.15) is 29.0 Å². The van der Waals surface area contributed by atoms with Crippen LogP contribution in [0.25, 0.3) is 0 Å². The van der Waals surface area contributed by atoms with E-state index in [9.17, 15) is 9.18 Å². The molecule has 1 rings (SSSR count). The number of carbonyl (C=O) groups is 1. The lowest BCUT2D eigenvalue weighted by Crippen LogP contribution is -2.18. The molecule has 0 saturated carbocycles. The first-order valence-corrected chi connectivity index (χ1v) is 4.57. The van der Waals surface area contributed by atoms with Crippen molar-refractivity contribution in [3.63, 3.8) is 0 Å². The molecule has 0 heterocycles. The summed E-state index contributed by atoms with van der Waals surface area (Å²) in [6.45, 7) is 1.74.